The van der Waals surface area contributed by atoms with Gasteiger partial charge in [0.2, 0.25) is 5.95 Å². The molecule has 5 aromatic rings. The molecular formula is C36H34N6O2. The third-order valence-electron chi connectivity index (χ3n) is 8.66. The number of fused-ring (bicyclic) bond motifs is 2. The Morgan fingerprint density at radius 1 is 0.818 bits per heavy atom. The number of hydrogen-bond acceptors (Lipinski definition) is 6. The number of nitrogens with one attached hydrogen (secondary N) is 2. The normalized spacial score (nSPS) is 16.5. The second kappa shape index (κ2) is 11.9. The monoisotopic (exact) mass is 582 g/mol. The predicted octanol–water partition coefficient (Wildman–Crippen LogP) is 6.52. The lowest BCUT2D eigenvalue weighted by Crippen LogP contribution is -2.52. The minimum absolute atomic E-state index is 0.0220. The summed E-state index contributed by atoms with van der Waals surface area (Å²) in [4.78, 5) is 40.6. The molecule has 1 atom stereocenters. The van der Waals surface area contributed by atoms with Crippen LogP contribution in [0.4, 0.5) is 17.3 Å². The van der Waals surface area contributed by atoms with Crippen LogP contribution in [0.25, 0.3) is 22.2 Å². The molecule has 0 saturated carbocycles. The SMILES string of the molecule is Cc1ccc(C(=O)N2CCN3CCC[C@@H]3C2)cc1NC(=O)c1ccc(Nc2nc(-c3ccccc3)c3ccccc3n2)cc1. The molecule has 1 aromatic heterocycles. The van der Waals surface area contributed by atoms with Crippen molar-refractivity contribution in [1.29, 1.82) is 0 Å². The van der Waals surface area contributed by atoms with Gasteiger partial charge < -0.3 is 15.5 Å². The van der Waals surface area contributed by atoms with E-state index in [0.717, 1.165) is 66.0 Å². The molecular weight excluding hydrogens is 548 g/mol. The van der Waals surface area contributed by atoms with E-state index in [0.29, 0.717) is 28.8 Å². The van der Waals surface area contributed by atoms with Gasteiger partial charge in [-0.1, -0.05) is 54.6 Å². The smallest absolute Gasteiger partial charge is 0.255 e. The molecule has 8 heteroatoms. The molecule has 44 heavy (non-hydrogen) atoms. The number of piperazine rings is 1. The average molecular weight is 583 g/mol. The second-order valence-corrected chi connectivity index (χ2v) is 11.5. The Hall–Kier alpha value is -5.08. The van der Waals surface area contributed by atoms with Crippen molar-refractivity contribution < 1.29 is 9.59 Å². The minimum atomic E-state index is -0.239. The molecule has 2 aliphatic rings. The Morgan fingerprint density at radius 2 is 1.59 bits per heavy atom. The van der Waals surface area contributed by atoms with Crippen molar-refractivity contribution in [2.24, 2.45) is 0 Å². The van der Waals surface area contributed by atoms with Crippen molar-refractivity contribution in [3.63, 3.8) is 0 Å². The standard InChI is InChI=1S/C36H34N6O2/c1-24-13-14-27(35(44)42-21-20-41-19-7-10-29(41)23-42)22-32(24)38-34(43)26-15-17-28(18-16-26)37-36-39-31-12-6-5-11-30(31)33(40-36)25-8-3-2-4-9-25/h2-6,8-9,11-18,22,29H,7,10,19-21,23H2,1H3,(H,38,43)(H,37,39,40)/t29-/m1/s1. The van der Waals surface area contributed by atoms with E-state index in [4.69, 9.17) is 9.97 Å². The summed E-state index contributed by atoms with van der Waals surface area (Å²) in [5.41, 5.74) is 6.12. The summed E-state index contributed by atoms with van der Waals surface area (Å²) in [5.74, 6) is 0.261. The van der Waals surface area contributed by atoms with Crippen LogP contribution in [0.2, 0.25) is 0 Å². The lowest BCUT2D eigenvalue weighted by Gasteiger charge is -2.37. The topological polar surface area (TPSA) is 90.5 Å². The van der Waals surface area contributed by atoms with Crippen LogP contribution in [0.1, 0.15) is 39.1 Å². The first-order valence-corrected chi connectivity index (χ1v) is 15.2. The van der Waals surface area contributed by atoms with Crippen molar-refractivity contribution >= 4 is 40.0 Å². The highest BCUT2D eigenvalue weighted by atomic mass is 16.2. The fourth-order valence-electron chi connectivity index (χ4n) is 6.22. The summed E-state index contributed by atoms with van der Waals surface area (Å²) >= 11 is 0. The zero-order valence-electron chi connectivity index (χ0n) is 24.7. The van der Waals surface area contributed by atoms with Crippen LogP contribution < -0.4 is 10.6 Å². The molecule has 2 aliphatic heterocycles. The highest BCUT2D eigenvalue weighted by Crippen LogP contribution is 2.29. The number of anilines is 3. The highest BCUT2D eigenvalue weighted by molar-refractivity contribution is 6.06. The van der Waals surface area contributed by atoms with Gasteiger partial charge in [-0.15, -0.1) is 0 Å². The predicted molar refractivity (Wildman–Crippen MR) is 174 cm³/mol. The van der Waals surface area contributed by atoms with E-state index in [2.05, 4.69) is 15.5 Å². The number of benzene rings is 4. The zero-order valence-corrected chi connectivity index (χ0v) is 24.7. The van der Waals surface area contributed by atoms with Crippen molar-refractivity contribution in [3.8, 4) is 11.3 Å². The summed E-state index contributed by atoms with van der Waals surface area (Å²) in [6.07, 6.45) is 2.36. The molecule has 7 rings (SSSR count). The van der Waals surface area contributed by atoms with Crippen molar-refractivity contribution in [2.75, 3.05) is 36.8 Å². The van der Waals surface area contributed by atoms with Crippen LogP contribution in [0.15, 0.2) is 97.1 Å². The Bertz CT molecular complexity index is 1840. The van der Waals surface area contributed by atoms with Gasteiger partial charge in [0.25, 0.3) is 11.8 Å². The van der Waals surface area contributed by atoms with Gasteiger partial charge in [0.1, 0.15) is 0 Å². The molecule has 2 N–H and O–H groups in total. The highest BCUT2D eigenvalue weighted by Gasteiger charge is 2.32. The molecule has 0 unspecified atom stereocenters. The third kappa shape index (κ3) is 5.64. The van der Waals surface area contributed by atoms with Gasteiger partial charge in [0.15, 0.2) is 0 Å². The van der Waals surface area contributed by atoms with Gasteiger partial charge in [0, 0.05) is 59.1 Å². The van der Waals surface area contributed by atoms with Gasteiger partial charge in [0.05, 0.1) is 11.2 Å². The lowest BCUT2D eigenvalue weighted by atomic mass is 10.1. The third-order valence-corrected chi connectivity index (χ3v) is 8.66. The van der Waals surface area contributed by atoms with Gasteiger partial charge in [-0.3, -0.25) is 14.5 Å². The molecule has 0 radical (unpaired) electrons. The van der Waals surface area contributed by atoms with Gasteiger partial charge in [-0.05, 0) is 74.3 Å². The summed E-state index contributed by atoms with van der Waals surface area (Å²) in [6, 6.07) is 31.2. The average Bonchev–Trinajstić information content (AvgIpc) is 3.54. The van der Waals surface area contributed by atoms with Gasteiger partial charge >= 0.3 is 0 Å². The van der Waals surface area contributed by atoms with E-state index in [9.17, 15) is 9.59 Å². The first-order chi connectivity index (χ1) is 21.5. The number of aryl methyl sites for hydroxylation is 1. The largest absolute Gasteiger partial charge is 0.336 e. The fraction of sp³-hybridized carbons (Fsp3) is 0.222. The van der Waals surface area contributed by atoms with Crippen LogP contribution >= 0.6 is 0 Å². The van der Waals surface area contributed by atoms with Crippen LogP contribution in [0.3, 0.4) is 0 Å². The molecule has 8 nitrogen and oxygen atoms in total. The number of hydrogen-bond donors (Lipinski definition) is 2. The number of carbonyl (C=O) groups excluding carboxylic acids is 2. The van der Waals surface area contributed by atoms with E-state index in [1.54, 1.807) is 18.2 Å². The Labute approximate surface area is 256 Å². The molecule has 0 bridgehead atoms. The minimum Gasteiger partial charge on any atom is -0.336 e. The van der Waals surface area contributed by atoms with Crippen LogP contribution in [-0.2, 0) is 0 Å². The number of amides is 2. The van der Waals surface area contributed by atoms with E-state index in [-0.39, 0.29) is 11.8 Å². The summed E-state index contributed by atoms with van der Waals surface area (Å²) < 4.78 is 0. The Kier molecular flexibility index (Phi) is 7.50. The maximum atomic E-state index is 13.3. The molecule has 2 fully saturated rings. The number of para-hydroxylation sites is 1. The van der Waals surface area contributed by atoms with E-state index < -0.39 is 0 Å². The first kappa shape index (κ1) is 27.7. The molecule has 3 heterocycles. The number of nitrogens with zero attached hydrogens (tertiary/aromatic N) is 4. The van der Waals surface area contributed by atoms with Crippen molar-refractivity contribution in [2.45, 2.75) is 25.8 Å². The summed E-state index contributed by atoms with van der Waals surface area (Å²) in [7, 11) is 0. The van der Waals surface area contributed by atoms with Crippen molar-refractivity contribution in [3.05, 3.63) is 114 Å². The number of carbonyl (C=O) groups is 2. The zero-order chi connectivity index (χ0) is 30.0. The molecule has 4 aromatic carbocycles. The van der Waals surface area contributed by atoms with Gasteiger partial charge in [-0.2, -0.15) is 0 Å². The van der Waals surface area contributed by atoms with Crippen LogP contribution in [-0.4, -0.2) is 63.8 Å². The number of aromatic nitrogens is 2. The van der Waals surface area contributed by atoms with Crippen LogP contribution in [0.5, 0.6) is 0 Å². The lowest BCUT2D eigenvalue weighted by molar-refractivity contribution is 0.0571. The van der Waals surface area contributed by atoms with E-state index in [1.165, 1.54) is 6.42 Å². The van der Waals surface area contributed by atoms with E-state index in [1.807, 2.05) is 90.7 Å². The summed E-state index contributed by atoms with van der Waals surface area (Å²) in [6.45, 7) is 5.51. The molecule has 220 valence electrons. The maximum absolute atomic E-state index is 13.3. The Morgan fingerprint density at radius 3 is 2.43 bits per heavy atom. The fourth-order valence-corrected chi connectivity index (χ4v) is 6.22. The quantitative estimate of drug-likeness (QED) is 0.237. The molecule has 2 amide bonds. The maximum Gasteiger partial charge on any atom is 0.255 e. The van der Waals surface area contributed by atoms with Gasteiger partial charge in [-0.25, -0.2) is 9.97 Å². The summed E-state index contributed by atoms with van der Waals surface area (Å²) in [5, 5.41) is 7.29. The van der Waals surface area contributed by atoms with Crippen LogP contribution in [0, 0.1) is 6.92 Å². The number of rotatable bonds is 6. The molecule has 0 aliphatic carbocycles. The first-order valence-electron chi connectivity index (χ1n) is 15.2. The molecule has 2 saturated heterocycles. The van der Waals surface area contributed by atoms with E-state index >= 15 is 0 Å². The second-order valence-electron chi connectivity index (χ2n) is 11.5. The Balaban J connectivity index is 1.05. The molecule has 0 spiro atoms. The van der Waals surface area contributed by atoms with Crippen molar-refractivity contribution in [1.82, 2.24) is 19.8 Å².